The SMILES string of the molecule is CN(C)c1cccc(C(=O)NCc2ccccc2N)c1. The quantitative estimate of drug-likeness (QED) is 0.837. The predicted molar refractivity (Wildman–Crippen MR) is 82.8 cm³/mol. The van der Waals surface area contributed by atoms with Gasteiger partial charge < -0.3 is 16.0 Å². The van der Waals surface area contributed by atoms with Gasteiger partial charge in [0.15, 0.2) is 0 Å². The highest BCUT2D eigenvalue weighted by atomic mass is 16.1. The van der Waals surface area contributed by atoms with Gasteiger partial charge in [-0.25, -0.2) is 0 Å². The van der Waals surface area contributed by atoms with Crippen molar-refractivity contribution < 1.29 is 4.79 Å². The maximum Gasteiger partial charge on any atom is 0.251 e. The van der Waals surface area contributed by atoms with Crippen LogP contribution in [0, 0.1) is 0 Å². The van der Waals surface area contributed by atoms with Gasteiger partial charge in [-0.15, -0.1) is 0 Å². The maximum absolute atomic E-state index is 12.1. The molecule has 0 saturated carbocycles. The Kier molecular flexibility index (Phi) is 4.25. The lowest BCUT2D eigenvalue weighted by atomic mass is 10.1. The fourth-order valence-electron chi connectivity index (χ4n) is 1.90. The number of amides is 1. The first-order valence-corrected chi connectivity index (χ1v) is 6.47. The number of para-hydroxylation sites is 1. The van der Waals surface area contributed by atoms with Crippen LogP contribution in [0.5, 0.6) is 0 Å². The van der Waals surface area contributed by atoms with E-state index in [9.17, 15) is 4.79 Å². The molecule has 4 nitrogen and oxygen atoms in total. The highest BCUT2D eigenvalue weighted by Gasteiger charge is 2.07. The molecule has 0 bridgehead atoms. The number of carbonyl (C=O) groups is 1. The van der Waals surface area contributed by atoms with Gasteiger partial charge >= 0.3 is 0 Å². The van der Waals surface area contributed by atoms with E-state index in [0.717, 1.165) is 11.3 Å². The van der Waals surface area contributed by atoms with Gasteiger partial charge in [-0.2, -0.15) is 0 Å². The Morgan fingerprint density at radius 1 is 1.15 bits per heavy atom. The van der Waals surface area contributed by atoms with Crippen molar-refractivity contribution in [2.24, 2.45) is 0 Å². The minimum atomic E-state index is -0.100. The van der Waals surface area contributed by atoms with E-state index in [4.69, 9.17) is 5.73 Å². The minimum absolute atomic E-state index is 0.100. The molecule has 0 unspecified atom stereocenters. The Labute approximate surface area is 119 Å². The summed E-state index contributed by atoms with van der Waals surface area (Å²) in [4.78, 5) is 14.1. The standard InChI is InChI=1S/C16H19N3O/c1-19(2)14-8-5-7-12(10-14)16(20)18-11-13-6-3-4-9-15(13)17/h3-10H,11,17H2,1-2H3,(H,18,20). The van der Waals surface area contributed by atoms with Crippen molar-refractivity contribution in [1.29, 1.82) is 0 Å². The Hall–Kier alpha value is -2.49. The summed E-state index contributed by atoms with van der Waals surface area (Å²) >= 11 is 0. The molecule has 0 aliphatic carbocycles. The summed E-state index contributed by atoms with van der Waals surface area (Å²) in [5, 5.41) is 2.88. The summed E-state index contributed by atoms with van der Waals surface area (Å²) in [5.41, 5.74) is 9.10. The van der Waals surface area contributed by atoms with E-state index in [1.165, 1.54) is 0 Å². The van der Waals surface area contributed by atoms with Gasteiger partial charge in [-0.05, 0) is 29.8 Å². The van der Waals surface area contributed by atoms with Crippen molar-refractivity contribution in [3.05, 3.63) is 59.7 Å². The fraction of sp³-hybridized carbons (Fsp3) is 0.188. The Morgan fingerprint density at radius 3 is 2.60 bits per heavy atom. The molecule has 3 N–H and O–H groups in total. The van der Waals surface area contributed by atoms with Crippen molar-refractivity contribution in [2.75, 3.05) is 24.7 Å². The third kappa shape index (κ3) is 3.29. The molecule has 0 aliphatic rings. The average molecular weight is 269 g/mol. The third-order valence-corrected chi connectivity index (χ3v) is 3.12. The van der Waals surface area contributed by atoms with Crippen LogP contribution in [0.4, 0.5) is 11.4 Å². The number of anilines is 2. The van der Waals surface area contributed by atoms with Crippen LogP contribution in [-0.2, 0) is 6.54 Å². The van der Waals surface area contributed by atoms with E-state index >= 15 is 0 Å². The summed E-state index contributed by atoms with van der Waals surface area (Å²) < 4.78 is 0. The van der Waals surface area contributed by atoms with Gasteiger partial charge in [0.2, 0.25) is 0 Å². The van der Waals surface area contributed by atoms with Crippen LogP contribution >= 0.6 is 0 Å². The zero-order valence-electron chi connectivity index (χ0n) is 11.8. The lowest BCUT2D eigenvalue weighted by Crippen LogP contribution is -2.23. The molecule has 0 radical (unpaired) electrons. The molecule has 0 fully saturated rings. The number of hydrogen-bond acceptors (Lipinski definition) is 3. The Bertz CT molecular complexity index is 608. The van der Waals surface area contributed by atoms with Crippen LogP contribution in [0.1, 0.15) is 15.9 Å². The molecule has 2 aromatic carbocycles. The number of nitrogen functional groups attached to an aromatic ring is 1. The van der Waals surface area contributed by atoms with Crippen molar-refractivity contribution in [3.63, 3.8) is 0 Å². The van der Waals surface area contributed by atoms with E-state index in [2.05, 4.69) is 5.32 Å². The normalized spacial score (nSPS) is 10.1. The van der Waals surface area contributed by atoms with Crippen LogP contribution < -0.4 is 16.0 Å². The number of nitrogens with one attached hydrogen (secondary N) is 1. The van der Waals surface area contributed by atoms with Crippen molar-refractivity contribution in [1.82, 2.24) is 5.32 Å². The first-order chi connectivity index (χ1) is 9.58. The van der Waals surface area contributed by atoms with E-state index < -0.39 is 0 Å². The van der Waals surface area contributed by atoms with E-state index in [0.29, 0.717) is 17.8 Å². The molecule has 0 saturated heterocycles. The second kappa shape index (κ2) is 6.10. The van der Waals surface area contributed by atoms with Crippen molar-refractivity contribution >= 4 is 17.3 Å². The summed E-state index contributed by atoms with van der Waals surface area (Å²) in [6, 6.07) is 15.0. The Morgan fingerprint density at radius 2 is 1.90 bits per heavy atom. The smallest absolute Gasteiger partial charge is 0.251 e. The summed E-state index contributed by atoms with van der Waals surface area (Å²) in [6.07, 6.45) is 0. The molecule has 104 valence electrons. The number of nitrogens with two attached hydrogens (primary N) is 1. The van der Waals surface area contributed by atoms with Crippen LogP contribution in [0.2, 0.25) is 0 Å². The molecular formula is C16H19N3O. The molecule has 4 heteroatoms. The zero-order chi connectivity index (χ0) is 14.5. The Balaban J connectivity index is 2.05. The average Bonchev–Trinajstić information content (AvgIpc) is 2.46. The number of benzene rings is 2. The lowest BCUT2D eigenvalue weighted by molar-refractivity contribution is 0.0951. The van der Waals surface area contributed by atoms with Crippen LogP contribution in [0.25, 0.3) is 0 Å². The fourth-order valence-corrected chi connectivity index (χ4v) is 1.90. The molecular weight excluding hydrogens is 250 g/mol. The first-order valence-electron chi connectivity index (χ1n) is 6.47. The van der Waals surface area contributed by atoms with Gasteiger partial charge in [0.1, 0.15) is 0 Å². The minimum Gasteiger partial charge on any atom is -0.398 e. The molecule has 20 heavy (non-hydrogen) atoms. The lowest BCUT2D eigenvalue weighted by Gasteiger charge is -2.13. The van der Waals surface area contributed by atoms with E-state index in [1.54, 1.807) is 6.07 Å². The highest BCUT2D eigenvalue weighted by Crippen LogP contribution is 2.14. The second-order valence-electron chi connectivity index (χ2n) is 4.83. The van der Waals surface area contributed by atoms with Gasteiger partial charge in [0.05, 0.1) is 0 Å². The van der Waals surface area contributed by atoms with Gasteiger partial charge in [-0.3, -0.25) is 4.79 Å². The largest absolute Gasteiger partial charge is 0.398 e. The number of hydrogen-bond donors (Lipinski definition) is 2. The number of nitrogens with zero attached hydrogens (tertiary/aromatic N) is 1. The van der Waals surface area contributed by atoms with Crippen molar-refractivity contribution in [3.8, 4) is 0 Å². The molecule has 1 amide bonds. The van der Waals surface area contributed by atoms with Gasteiger partial charge in [-0.1, -0.05) is 24.3 Å². The first kappa shape index (κ1) is 13.9. The van der Waals surface area contributed by atoms with Gasteiger partial charge in [0, 0.05) is 37.6 Å². The van der Waals surface area contributed by atoms with Gasteiger partial charge in [0.25, 0.3) is 5.91 Å². The van der Waals surface area contributed by atoms with E-state index in [-0.39, 0.29) is 5.91 Å². The van der Waals surface area contributed by atoms with Crippen LogP contribution in [-0.4, -0.2) is 20.0 Å². The molecule has 0 aromatic heterocycles. The molecule has 2 rings (SSSR count). The highest BCUT2D eigenvalue weighted by molar-refractivity contribution is 5.95. The van der Waals surface area contributed by atoms with Crippen LogP contribution in [0.3, 0.4) is 0 Å². The van der Waals surface area contributed by atoms with Crippen LogP contribution in [0.15, 0.2) is 48.5 Å². The monoisotopic (exact) mass is 269 g/mol. The van der Waals surface area contributed by atoms with Crippen molar-refractivity contribution in [2.45, 2.75) is 6.54 Å². The topological polar surface area (TPSA) is 58.4 Å². The maximum atomic E-state index is 12.1. The summed E-state index contributed by atoms with van der Waals surface area (Å²) in [7, 11) is 3.89. The molecule has 0 heterocycles. The summed E-state index contributed by atoms with van der Waals surface area (Å²) in [6.45, 7) is 0.428. The second-order valence-corrected chi connectivity index (χ2v) is 4.83. The molecule has 0 atom stereocenters. The molecule has 0 spiro atoms. The summed E-state index contributed by atoms with van der Waals surface area (Å²) in [5.74, 6) is -0.100. The third-order valence-electron chi connectivity index (χ3n) is 3.12. The zero-order valence-corrected chi connectivity index (χ0v) is 11.8. The number of carbonyl (C=O) groups excluding carboxylic acids is 1. The van der Waals surface area contributed by atoms with E-state index in [1.807, 2.05) is 61.5 Å². The predicted octanol–water partition coefficient (Wildman–Crippen LogP) is 2.26. The number of rotatable bonds is 4. The molecule has 2 aromatic rings. The molecule has 0 aliphatic heterocycles.